The molecular formula is C37H50O3. The minimum atomic E-state index is -0.328. The van der Waals surface area contributed by atoms with Crippen LogP contribution < -0.4 is 4.74 Å². The van der Waals surface area contributed by atoms with Gasteiger partial charge in [-0.05, 0) is 72.7 Å². The van der Waals surface area contributed by atoms with Crippen LogP contribution in [0.1, 0.15) is 125 Å². The van der Waals surface area contributed by atoms with E-state index in [1.54, 1.807) is 0 Å². The maximum atomic E-state index is 12.6. The Morgan fingerprint density at radius 3 is 1.73 bits per heavy atom. The Kier molecular flexibility index (Phi) is 14.6. The first kappa shape index (κ1) is 31.6. The molecule has 0 heterocycles. The molecule has 216 valence electrons. The molecule has 3 aromatic rings. The molecule has 3 nitrogen and oxygen atoms in total. The molecule has 1 atom stereocenters. The molecule has 0 bridgehead atoms. The van der Waals surface area contributed by atoms with Gasteiger partial charge in [0, 0.05) is 6.61 Å². The lowest BCUT2D eigenvalue weighted by atomic mass is 10.0. The fourth-order valence-electron chi connectivity index (χ4n) is 4.96. The molecular weight excluding hydrogens is 492 g/mol. The first-order valence-corrected chi connectivity index (χ1v) is 15.7. The van der Waals surface area contributed by atoms with Crippen molar-refractivity contribution in [2.75, 3.05) is 6.61 Å². The van der Waals surface area contributed by atoms with Crippen molar-refractivity contribution >= 4 is 5.97 Å². The lowest BCUT2D eigenvalue weighted by Crippen LogP contribution is -2.08. The quantitative estimate of drug-likeness (QED) is 0.0858. The Morgan fingerprint density at radius 2 is 1.15 bits per heavy atom. The molecule has 0 N–H and O–H groups in total. The summed E-state index contributed by atoms with van der Waals surface area (Å²) < 4.78 is 11.7. The van der Waals surface area contributed by atoms with Crippen LogP contribution in [-0.2, 0) is 11.2 Å². The van der Waals surface area contributed by atoms with Crippen molar-refractivity contribution in [3.8, 4) is 16.9 Å². The van der Waals surface area contributed by atoms with E-state index in [1.807, 2.05) is 48.5 Å². The SMILES string of the molecule is CCCCCCCCCCCCOC(C)c1ccc(-c2ccc(OC(=O)c3ccc(CCCC)cc3)cc2)cc1. The maximum absolute atomic E-state index is 12.6. The molecule has 40 heavy (non-hydrogen) atoms. The number of carbonyl (C=O) groups excluding carboxylic acids is 1. The Bertz CT molecular complexity index is 1080. The molecule has 0 aliphatic rings. The van der Waals surface area contributed by atoms with Crippen LogP contribution in [0, 0.1) is 0 Å². The van der Waals surface area contributed by atoms with E-state index in [2.05, 4.69) is 45.0 Å². The third kappa shape index (κ3) is 11.3. The van der Waals surface area contributed by atoms with Gasteiger partial charge in [0.1, 0.15) is 5.75 Å². The summed E-state index contributed by atoms with van der Waals surface area (Å²) in [7, 11) is 0. The highest BCUT2D eigenvalue weighted by Gasteiger charge is 2.10. The number of rotatable bonds is 19. The van der Waals surface area contributed by atoms with Gasteiger partial charge in [0.2, 0.25) is 0 Å². The molecule has 3 aromatic carbocycles. The summed E-state index contributed by atoms with van der Waals surface area (Å²) in [6, 6.07) is 24.0. The highest BCUT2D eigenvalue weighted by Crippen LogP contribution is 2.26. The van der Waals surface area contributed by atoms with E-state index in [0.29, 0.717) is 11.3 Å². The van der Waals surface area contributed by atoms with E-state index in [1.165, 1.54) is 68.9 Å². The van der Waals surface area contributed by atoms with Crippen LogP contribution in [0.25, 0.3) is 11.1 Å². The summed E-state index contributed by atoms with van der Waals surface area (Å²) in [5.41, 5.74) is 5.24. The molecule has 0 saturated carbocycles. The molecule has 3 rings (SSSR count). The summed E-state index contributed by atoms with van der Waals surface area (Å²) in [6.45, 7) is 7.41. The molecule has 0 amide bonds. The number of ether oxygens (including phenoxy) is 2. The molecule has 0 aliphatic carbocycles. The zero-order chi connectivity index (χ0) is 28.4. The van der Waals surface area contributed by atoms with E-state index in [9.17, 15) is 4.79 Å². The van der Waals surface area contributed by atoms with Crippen molar-refractivity contribution in [3.63, 3.8) is 0 Å². The van der Waals surface area contributed by atoms with Crippen LogP contribution in [0.15, 0.2) is 72.8 Å². The predicted octanol–water partition coefficient (Wildman–Crippen LogP) is 10.9. The van der Waals surface area contributed by atoms with Crippen molar-refractivity contribution in [1.82, 2.24) is 0 Å². The number of unbranched alkanes of at least 4 members (excludes halogenated alkanes) is 10. The zero-order valence-electron chi connectivity index (χ0n) is 25.1. The molecule has 1 unspecified atom stereocenters. The highest BCUT2D eigenvalue weighted by molar-refractivity contribution is 5.91. The summed E-state index contributed by atoms with van der Waals surface area (Å²) in [4.78, 5) is 12.6. The van der Waals surface area contributed by atoms with Crippen molar-refractivity contribution in [2.45, 2.75) is 110 Å². The van der Waals surface area contributed by atoms with Crippen LogP contribution in [0.5, 0.6) is 5.75 Å². The lowest BCUT2D eigenvalue weighted by molar-refractivity contribution is 0.0627. The Hall–Kier alpha value is -2.91. The molecule has 0 aromatic heterocycles. The largest absolute Gasteiger partial charge is 0.423 e. The number of aryl methyl sites for hydroxylation is 1. The first-order chi connectivity index (χ1) is 19.6. The van der Waals surface area contributed by atoms with Crippen molar-refractivity contribution in [2.24, 2.45) is 0 Å². The average Bonchev–Trinajstić information content (AvgIpc) is 2.99. The van der Waals surface area contributed by atoms with Crippen LogP contribution >= 0.6 is 0 Å². The first-order valence-electron chi connectivity index (χ1n) is 15.7. The second-order valence-electron chi connectivity index (χ2n) is 11.0. The number of carbonyl (C=O) groups is 1. The Labute approximate surface area is 243 Å². The van der Waals surface area contributed by atoms with Gasteiger partial charge >= 0.3 is 5.97 Å². The second kappa shape index (κ2) is 18.4. The molecule has 0 spiro atoms. The summed E-state index contributed by atoms with van der Waals surface area (Å²) in [5.74, 6) is 0.223. The van der Waals surface area contributed by atoms with Gasteiger partial charge in [-0.3, -0.25) is 0 Å². The normalized spacial score (nSPS) is 11.9. The van der Waals surface area contributed by atoms with Gasteiger partial charge in [-0.1, -0.05) is 127 Å². The Balaban J connectivity index is 1.37. The van der Waals surface area contributed by atoms with E-state index in [-0.39, 0.29) is 12.1 Å². The third-order valence-electron chi connectivity index (χ3n) is 7.65. The number of hydrogen-bond donors (Lipinski definition) is 0. The summed E-state index contributed by atoms with van der Waals surface area (Å²) in [6.07, 6.45) is 16.8. The molecule has 0 fully saturated rings. The van der Waals surface area contributed by atoms with Crippen LogP contribution in [0.4, 0.5) is 0 Å². The van der Waals surface area contributed by atoms with E-state index in [0.717, 1.165) is 43.4 Å². The number of hydrogen-bond acceptors (Lipinski definition) is 3. The smallest absolute Gasteiger partial charge is 0.343 e. The molecule has 3 heteroatoms. The monoisotopic (exact) mass is 542 g/mol. The number of esters is 1. The van der Waals surface area contributed by atoms with Crippen molar-refractivity contribution in [3.05, 3.63) is 89.5 Å². The van der Waals surface area contributed by atoms with Crippen LogP contribution in [-0.4, -0.2) is 12.6 Å². The van der Waals surface area contributed by atoms with Gasteiger partial charge in [-0.15, -0.1) is 0 Å². The number of benzene rings is 3. The van der Waals surface area contributed by atoms with Gasteiger partial charge < -0.3 is 9.47 Å². The average molecular weight is 543 g/mol. The maximum Gasteiger partial charge on any atom is 0.343 e. The standard InChI is InChI=1S/C37H50O3/c1-4-6-8-9-10-11-12-13-14-15-29-39-30(3)32-21-23-33(24-22-32)34-25-27-36(28-26-34)40-37(38)35-19-17-31(18-20-35)16-7-5-2/h17-28,30H,4-16,29H2,1-3H3. The lowest BCUT2D eigenvalue weighted by Gasteiger charge is -2.14. The predicted molar refractivity (Wildman–Crippen MR) is 168 cm³/mol. The minimum absolute atomic E-state index is 0.0927. The van der Waals surface area contributed by atoms with E-state index >= 15 is 0 Å². The van der Waals surface area contributed by atoms with Crippen molar-refractivity contribution < 1.29 is 14.3 Å². The topological polar surface area (TPSA) is 35.5 Å². The van der Waals surface area contributed by atoms with Gasteiger partial charge in [-0.2, -0.15) is 0 Å². The fraction of sp³-hybridized carbons (Fsp3) is 0.486. The van der Waals surface area contributed by atoms with Gasteiger partial charge in [0.25, 0.3) is 0 Å². The summed E-state index contributed by atoms with van der Waals surface area (Å²) >= 11 is 0. The summed E-state index contributed by atoms with van der Waals surface area (Å²) in [5, 5.41) is 0. The van der Waals surface area contributed by atoms with E-state index in [4.69, 9.17) is 9.47 Å². The van der Waals surface area contributed by atoms with Gasteiger partial charge in [0.05, 0.1) is 11.7 Å². The van der Waals surface area contributed by atoms with E-state index < -0.39 is 0 Å². The molecule has 0 radical (unpaired) electrons. The Morgan fingerprint density at radius 1 is 0.625 bits per heavy atom. The van der Waals surface area contributed by atoms with Crippen LogP contribution in [0.2, 0.25) is 0 Å². The fourth-order valence-corrected chi connectivity index (χ4v) is 4.96. The second-order valence-corrected chi connectivity index (χ2v) is 11.0. The zero-order valence-corrected chi connectivity index (χ0v) is 25.1. The molecule has 0 saturated heterocycles. The minimum Gasteiger partial charge on any atom is -0.423 e. The molecule has 0 aliphatic heterocycles. The third-order valence-corrected chi connectivity index (χ3v) is 7.65. The van der Waals surface area contributed by atoms with Crippen molar-refractivity contribution in [1.29, 1.82) is 0 Å². The van der Waals surface area contributed by atoms with Gasteiger partial charge in [0.15, 0.2) is 0 Å². The van der Waals surface area contributed by atoms with Crippen LogP contribution in [0.3, 0.4) is 0 Å². The highest BCUT2D eigenvalue weighted by atomic mass is 16.5. The van der Waals surface area contributed by atoms with Gasteiger partial charge in [-0.25, -0.2) is 4.79 Å².